The van der Waals surface area contributed by atoms with E-state index in [4.69, 9.17) is 18.9 Å². The standard InChI is InChI=1S/C22H26O5/c1-24-21-19(23)22(26-15-17-10-6-3-7-11-17)13-12-18(20(22)27-21)25-14-16-8-4-2-5-9-16/h2-11,18-21,23H,12-15H2,1H3/t18-,19+,20-,21-,22+/m1/s1. The molecule has 0 unspecified atom stereocenters. The van der Waals surface area contributed by atoms with E-state index in [9.17, 15) is 5.11 Å². The molecule has 0 radical (unpaired) electrons. The molecule has 0 aromatic heterocycles. The first-order valence-corrected chi connectivity index (χ1v) is 9.43. The van der Waals surface area contributed by atoms with Crippen molar-refractivity contribution in [1.82, 2.24) is 0 Å². The molecule has 2 aromatic rings. The molecule has 2 aromatic carbocycles. The molecule has 1 heterocycles. The average molecular weight is 370 g/mol. The summed E-state index contributed by atoms with van der Waals surface area (Å²) >= 11 is 0. The summed E-state index contributed by atoms with van der Waals surface area (Å²) in [7, 11) is 1.54. The van der Waals surface area contributed by atoms with Crippen molar-refractivity contribution in [3.63, 3.8) is 0 Å². The van der Waals surface area contributed by atoms with Crippen LogP contribution in [-0.4, -0.2) is 42.4 Å². The average Bonchev–Trinajstić information content (AvgIpc) is 3.21. The molecule has 27 heavy (non-hydrogen) atoms. The topological polar surface area (TPSA) is 57.2 Å². The van der Waals surface area contributed by atoms with Crippen molar-refractivity contribution < 1.29 is 24.1 Å². The van der Waals surface area contributed by atoms with Crippen molar-refractivity contribution in [2.75, 3.05) is 7.11 Å². The molecule has 5 atom stereocenters. The highest BCUT2D eigenvalue weighted by atomic mass is 16.7. The van der Waals surface area contributed by atoms with Gasteiger partial charge in [-0.05, 0) is 24.0 Å². The number of benzene rings is 2. The van der Waals surface area contributed by atoms with E-state index in [1.165, 1.54) is 0 Å². The summed E-state index contributed by atoms with van der Waals surface area (Å²) in [6, 6.07) is 20.0. The molecule has 5 heteroatoms. The lowest BCUT2D eigenvalue weighted by atomic mass is 9.94. The number of aliphatic hydroxyl groups is 1. The van der Waals surface area contributed by atoms with E-state index in [2.05, 4.69) is 0 Å². The normalized spacial score (nSPS) is 32.5. The quantitative estimate of drug-likeness (QED) is 0.812. The SMILES string of the molecule is CO[C@@H]1O[C@@H]2[C@H](OCc3ccccc3)CC[C@]2(OCc2ccccc2)[C@H]1O. The third-order valence-corrected chi connectivity index (χ3v) is 5.57. The van der Waals surface area contributed by atoms with Crippen LogP contribution in [0.25, 0.3) is 0 Å². The number of rotatable bonds is 7. The highest BCUT2D eigenvalue weighted by molar-refractivity contribution is 5.16. The summed E-state index contributed by atoms with van der Waals surface area (Å²) in [4.78, 5) is 0. The molecule has 1 aliphatic carbocycles. The van der Waals surface area contributed by atoms with Gasteiger partial charge < -0.3 is 24.1 Å². The van der Waals surface area contributed by atoms with Crippen molar-refractivity contribution in [3.05, 3.63) is 71.8 Å². The van der Waals surface area contributed by atoms with E-state index in [1.807, 2.05) is 60.7 Å². The molecule has 144 valence electrons. The van der Waals surface area contributed by atoms with Crippen molar-refractivity contribution in [2.45, 2.75) is 56.3 Å². The van der Waals surface area contributed by atoms with Gasteiger partial charge in [0.15, 0.2) is 6.29 Å². The Morgan fingerprint density at radius 2 is 1.63 bits per heavy atom. The highest BCUT2D eigenvalue weighted by Crippen LogP contribution is 2.47. The Balaban J connectivity index is 1.47. The zero-order valence-electron chi connectivity index (χ0n) is 15.5. The van der Waals surface area contributed by atoms with Crippen LogP contribution in [0.4, 0.5) is 0 Å². The number of fused-ring (bicyclic) bond motifs is 1. The number of hydrogen-bond donors (Lipinski definition) is 1. The van der Waals surface area contributed by atoms with Crippen LogP contribution in [0.3, 0.4) is 0 Å². The van der Waals surface area contributed by atoms with Crippen molar-refractivity contribution in [1.29, 1.82) is 0 Å². The zero-order chi connectivity index (χ0) is 18.7. The lowest BCUT2D eigenvalue weighted by Gasteiger charge is -2.32. The molecule has 1 aliphatic heterocycles. The maximum atomic E-state index is 10.9. The summed E-state index contributed by atoms with van der Waals surface area (Å²) in [6.45, 7) is 0.924. The Morgan fingerprint density at radius 3 is 2.26 bits per heavy atom. The van der Waals surface area contributed by atoms with E-state index >= 15 is 0 Å². The van der Waals surface area contributed by atoms with Gasteiger partial charge >= 0.3 is 0 Å². The third-order valence-electron chi connectivity index (χ3n) is 5.57. The van der Waals surface area contributed by atoms with Crippen LogP contribution in [0.2, 0.25) is 0 Å². The molecule has 2 aliphatic rings. The first kappa shape index (κ1) is 18.6. The fourth-order valence-electron chi connectivity index (χ4n) is 4.11. The predicted octanol–water partition coefficient (Wildman–Crippen LogP) is 3.05. The van der Waals surface area contributed by atoms with E-state index in [0.29, 0.717) is 19.6 Å². The second-order valence-electron chi connectivity index (χ2n) is 7.21. The minimum Gasteiger partial charge on any atom is -0.385 e. The first-order chi connectivity index (χ1) is 13.2. The van der Waals surface area contributed by atoms with Crippen LogP contribution in [0.1, 0.15) is 24.0 Å². The zero-order valence-corrected chi connectivity index (χ0v) is 15.5. The second kappa shape index (κ2) is 8.09. The largest absolute Gasteiger partial charge is 0.385 e. The van der Waals surface area contributed by atoms with Crippen LogP contribution < -0.4 is 0 Å². The Bertz CT molecular complexity index is 722. The Hall–Kier alpha value is -1.76. The Labute approximate surface area is 159 Å². The van der Waals surface area contributed by atoms with Crippen LogP contribution in [0.5, 0.6) is 0 Å². The third kappa shape index (κ3) is 3.66. The fraction of sp³-hybridized carbons (Fsp3) is 0.455. The van der Waals surface area contributed by atoms with Gasteiger partial charge in [-0.25, -0.2) is 0 Å². The van der Waals surface area contributed by atoms with Gasteiger partial charge in [0.2, 0.25) is 0 Å². The summed E-state index contributed by atoms with van der Waals surface area (Å²) in [6.07, 6.45) is -0.596. The Morgan fingerprint density at radius 1 is 1.00 bits per heavy atom. The van der Waals surface area contributed by atoms with Crippen LogP contribution in [0, 0.1) is 0 Å². The lowest BCUT2D eigenvalue weighted by Crippen LogP contribution is -2.49. The monoisotopic (exact) mass is 370 g/mol. The maximum Gasteiger partial charge on any atom is 0.186 e. The van der Waals surface area contributed by atoms with Crippen LogP contribution in [-0.2, 0) is 32.2 Å². The minimum absolute atomic E-state index is 0.143. The van der Waals surface area contributed by atoms with Crippen molar-refractivity contribution in [3.8, 4) is 0 Å². The summed E-state index contributed by atoms with van der Waals surface area (Å²) in [5.74, 6) is 0. The van der Waals surface area contributed by atoms with Gasteiger partial charge in [0, 0.05) is 7.11 Å². The molecular formula is C22H26O5. The van der Waals surface area contributed by atoms with E-state index in [-0.39, 0.29) is 12.2 Å². The van der Waals surface area contributed by atoms with Crippen molar-refractivity contribution in [2.24, 2.45) is 0 Å². The number of aliphatic hydroxyl groups excluding tert-OH is 1. The first-order valence-electron chi connectivity index (χ1n) is 9.43. The van der Waals surface area contributed by atoms with Crippen LogP contribution >= 0.6 is 0 Å². The van der Waals surface area contributed by atoms with Gasteiger partial charge in [-0.1, -0.05) is 60.7 Å². The second-order valence-corrected chi connectivity index (χ2v) is 7.21. The lowest BCUT2D eigenvalue weighted by molar-refractivity contribution is -0.170. The maximum absolute atomic E-state index is 10.9. The summed E-state index contributed by atoms with van der Waals surface area (Å²) < 4.78 is 23.8. The minimum atomic E-state index is -0.846. The molecule has 0 bridgehead atoms. The van der Waals surface area contributed by atoms with Gasteiger partial charge in [0.1, 0.15) is 17.8 Å². The molecule has 5 nitrogen and oxygen atoms in total. The van der Waals surface area contributed by atoms with Gasteiger partial charge in [-0.15, -0.1) is 0 Å². The molecule has 0 spiro atoms. The summed E-state index contributed by atoms with van der Waals surface area (Å²) in [5.41, 5.74) is 1.37. The number of methoxy groups -OCH3 is 1. The summed E-state index contributed by atoms with van der Waals surface area (Å²) in [5, 5.41) is 10.9. The molecular weight excluding hydrogens is 344 g/mol. The molecule has 1 saturated carbocycles. The van der Waals surface area contributed by atoms with Gasteiger partial charge in [0.05, 0.1) is 19.3 Å². The van der Waals surface area contributed by atoms with Gasteiger partial charge in [0.25, 0.3) is 0 Å². The molecule has 4 rings (SSSR count). The van der Waals surface area contributed by atoms with Gasteiger partial charge in [-0.2, -0.15) is 0 Å². The Kier molecular flexibility index (Phi) is 5.57. The fourth-order valence-corrected chi connectivity index (χ4v) is 4.11. The predicted molar refractivity (Wildman–Crippen MR) is 99.9 cm³/mol. The molecule has 2 fully saturated rings. The van der Waals surface area contributed by atoms with Gasteiger partial charge in [-0.3, -0.25) is 0 Å². The van der Waals surface area contributed by atoms with E-state index in [1.54, 1.807) is 7.11 Å². The molecule has 1 N–H and O–H groups in total. The number of hydrogen-bond acceptors (Lipinski definition) is 5. The highest BCUT2D eigenvalue weighted by Gasteiger charge is 2.63. The smallest absolute Gasteiger partial charge is 0.186 e. The van der Waals surface area contributed by atoms with Crippen LogP contribution in [0.15, 0.2) is 60.7 Å². The van der Waals surface area contributed by atoms with E-state index in [0.717, 1.165) is 17.5 Å². The van der Waals surface area contributed by atoms with Crippen molar-refractivity contribution >= 4 is 0 Å². The van der Waals surface area contributed by atoms with E-state index < -0.39 is 18.0 Å². The number of ether oxygens (including phenoxy) is 4. The molecule has 1 saturated heterocycles. The molecule has 0 amide bonds.